The molecular weight excluding hydrogens is 396 g/mol. The number of fused-ring (bicyclic) bond motifs is 1. The van der Waals surface area contributed by atoms with E-state index in [9.17, 15) is 24.0 Å². The highest BCUT2D eigenvalue weighted by Crippen LogP contribution is 2.34. The molecule has 29 heavy (non-hydrogen) atoms. The Balaban J connectivity index is 1.87. The molecular formula is C20H18N2O6S. The molecule has 1 aromatic carbocycles. The smallest absolute Gasteiger partial charge is 0.341 e. The van der Waals surface area contributed by atoms with Gasteiger partial charge >= 0.3 is 5.97 Å². The van der Waals surface area contributed by atoms with Gasteiger partial charge in [-0.2, -0.15) is 0 Å². The Kier molecular flexibility index (Phi) is 5.60. The van der Waals surface area contributed by atoms with Gasteiger partial charge in [-0.05, 0) is 38.5 Å². The maximum absolute atomic E-state index is 12.6. The Labute approximate surface area is 170 Å². The SMILES string of the molecule is CCOC(=O)c1c(NC(=O)CN2C(=O)C(=O)c3ccccc32)sc(C(C)=O)c1C. The van der Waals surface area contributed by atoms with Gasteiger partial charge in [-0.25, -0.2) is 4.79 Å². The van der Waals surface area contributed by atoms with E-state index in [1.807, 2.05) is 0 Å². The maximum Gasteiger partial charge on any atom is 0.341 e. The van der Waals surface area contributed by atoms with Crippen LogP contribution in [-0.2, 0) is 14.3 Å². The molecule has 0 atom stereocenters. The van der Waals surface area contributed by atoms with Crippen LogP contribution in [0.1, 0.15) is 49.8 Å². The van der Waals surface area contributed by atoms with E-state index in [-0.39, 0.29) is 28.5 Å². The molecule has 3 rings (SSSR count). The lowest BCUT2D eigenvalue weighted by molar-refractivity contribution is -0.118. The number of rotatable bonds is 6. The van der Waals surface area contributed by atoms with Crippen LogP contribution in [0.15, 0.2) is 24.3 Å². The molecule has 1 aromatic heterocycles. The molecule has 0 radical (unpaired) electrons. The third kappa shape index (κ3) is 3.68. The molecule has 0 spiro atoms. The zero-order valence-corrected chi connectivity index (χ0v) is 16.8. The number of thiophene rings is 1. The van der Waals surface area contributed by atoms with Gasteiger partial charge in [0.2, 0.25) is 5.91 Å². The number of amides is 2. The van der Waals surface area contributed by atoms with Gasteiger partial charge < -0.3 is 10.1 Å². The number of carbonyl (C=O) groups is 5. The zero-order valence-electron chi connectivity index (χ0n) is 16.0. The fourth-order valence-electron chi connectivity index (χ4n) is 3.10. The minimum atomic E-state index is -0.793. The van der Waals surface area contributed by atoms with Gasteiger partial charge in [0.25, 0.3) is 11.7 Å². The molecule has 1 aliphatic rings. The second-order valence-electron chi connectivity index (χ2n) is 6.32. The summed E-state index contributed by atoms with van der Waals surface area (Å²) in [6.45, 7) is 4.35. The van der Waals surface area contributed by atoms with Crippen molar-refractivity contribution in [2.24, 2.45) is 0 Å². The summed E-state index contributed by atoms with van der Waals surface area (Å²) < 4.78 is 5.03. The number of ketones is 2. The zero-order chi connectivity index (χ0) is 21.3. The first-order valence-electron chi connectivity index (χ1n) is 8.82. The molecule has 0 fully saturated rings. The predicted octanol–water partition coefficient (Wildman–Crippen LogP) is 2.60. The van der Waals surface area contributed by atoms with Crippen LogP contribution >= 0.6 is 11.3 Å². The fraction of sp³-hybridized carbons (Fsp3) is 0.250. The number of esters is 1. The van der Waals surface area contributed by atoms with Crippen molar-refractivity contribution in [1.82, 2.24) is 0 Å². The summed E-state index contributed by atoms with van der Waals surface area (Å²) in [5, 5.41) is 2.75. The summed E-state index contributed by atoms with van der Waals surface area (Å²) in [7, 11) is 0. The van der Waals surface area contributed by atoms with Crippen molar-refractivity contribution in [2.75, 3.05) is 23.4 Å². The monoisotopic (exact) mass is 414 g/mol. The molecule has 2 aromatic rings. The van der Waals surface area contributed by atoms with Crippen molar-refractivity contribution in [3.05, 3.63) is 45.8 Å². The van der Waals surface area contributed by atoms with Gasteiger partial charge in [-0.3, -0.25) is 24.1 Å². The first kappa shape index (κ1) is 20.4. The van der Waals surface area contributed by atoms with E-state index >= 15 is 0 Å². The van der Waals surface area contributed by atoms with E-state index in [0.717, 1.165) is 16.2 Å². The first-order valence-corrected chi connectivity index (χ1v) is 9.64. The summed E-state index contributed by atoms with van der Waals surface area (Å²) in [6.07, 6.45) is 0. The van der Waals surface area contributed by atoms with Crippen LogP contribution in [0.3, 0.4) is 0 Å². The molecule has 0 saturated heterocycles. The summed E-state index contributed by atoms with van der Waals surface area (Å²) in [5.74, 6) is -2.97. The minimum Gasteiger partial charge on any atom is -0.462 e. The molecule has 150 valence electrons. The fourth-order valence-corrected chi connectivity index (χ4v) is 4.21. The summed E-state index contributed by atoms with van der Waals surface area (Å²) in [5.41, 5.74) is 1.13. The van der Waals surface area contributed by atoms with Gasteiger partial charge in [-0.1, -0.05) is 12.1 Å². The number of hydrogen-bond donors (Lipinski definition) is 1. The Morgan fingerprint density at radius 1 is 1.17 bits per heavy atom. The second kappa shape index (κ2) is 7.96. The van der Waals surface area contributed by atoms with Crippen molar-refractivity contribution >= 4 is 51.4 Å². The van der Waals surface area contributed by atoms with Gasteiger partial charge in [-0.15, -0.1) is 11.3 Å². The minimum absolute atomic E-state index is 0.111. The van der Waals surface area contributed by atoms with Gasteiger partial charge in [0.05, 0.1) is 28.3 Å². The Morgan fingerprint density at radius 2 is 1.86 bits per heavy atom. The van der Waals surface area contributed by atoms with Crippen LogP contribution in [0.4, 0.5) is 10.7 Å². The highest BCUT2D eigenvalue weighted by Gasteiger charge is 2.36. The van der Waals surface area contributed by atoms with Gasteiger partial charge in [0.15, 0.2) is 5.78 Å². The van der Waals surface area contributed by atoms with Crippen LogP contribution in [0.25, 0.3) is 0 Å². The lowest BCUT2D eigenvalue weighted by Crippen LogP contribution is -2.37. The normalized spacial score (nSPS) is 12.7. The topological polar surface area (TPSA) is 110 Å². The Hall–Kier alpha value is -3.33. The standard InChI is InChI=1S/C20H18N2O6S/c1-4-28-20(27)15-10(2)17(11(3)23)29-18(15)21-14(24)9-22-13-8-6-5-7-12(13)16(25)19(22)26/h5-8H,4,9H2,1-3H3,(H,21,24). The predicted molar refractivity (Wildman–Crippen MR) is 107 cm³/mol. The molecule has 0 saturated carbocycles. The largest absolute Gasteiger partial charge is 0.462 e. The van der Waals surface area contributed by atoms with Crippen molar-refractivity contribution in [3.63, 3.8) is 0 Å². The van der Waals surface area contributed by atoms with Crippen LogP contribution < -0.4 is 10.2 Å². The number of nitrogens with zero attached hydrogens (tertiary/aromatic N) is 1. The third-order valence-electron chi connectivity index (χ3n) is 4.38. The van der Waals surface area contributed by atoms with Crippen molar-refractivity contribution < 1.29 is 28.7 Å². The van der Waals surface area contributed by atoms with E-state index in [0.29, 0.717) is 16.1 Å². The van der Waals surface area contributed by atoms with Crippen molar-refractivity contribution in [1.29, 1.82) is 0 Å². The van der Waals surface area contributed by atoms with Gasteiger partial charge in [0, 0.05) is 0 Å². The average Bonchev–Trinajstić information content (AvgIpc) is 3.12. The second-order valence-corrected chi connectivity index (χ2v) is 7.34. The molecule has 8 nitrogen and oxygen atoms in total. The number of anilines is 2. The molecule has 0 bridgehead atoms. The molecule has 2 amide bonds. The van der Waals surface area contributed by atoms with Crippen LogP contribution in [0.2, 0.25) is 0 Å². The van der Waals surface area contributed by atoms with E-state index in [2.05, 4.69) is 5.32 Å². The van der Waals surface area contributed by atoms with E-state index in [1.165, 1.54) is 13.0 Å². The summed E-state index contributed by atoms with van der Waals surface area (Å²) in [6, 6.07) is 6.40. The lowest BCUT2D eigenvalue weighted by atomic mass is 10.1. The summed E-state index contributed by atoms with van der Waals surface area (Å²) in [4.78, 5) is 62.5. The highest BCUT2D eigenvalue weighted by atomic mass is 32.1. The number of nitrogens with one attached hydrogen (secondary N) is 1. The number of hydrogen-bond acceptors (Lipinski definition) is 7. The number of Topliss-reactive ketones (excluding diaryl/α,β-unsaturated/α-hetero) is 2. The molecule has 0 aliphatic carbocycles. The average molecular weight is 414 g/mol. The molecule has 0 unspecified atom stereocenters. The molecule has 9 heteroatoms. The van der Waals surface area contributed by atoms with Crippen LogP contribution in [0, 0.1) is 6.92 Å². The van der Waals surface area contributed by atoms with Crippen LogP contribution in [0.5, 0.6) is 0 Å². The van der Waals surface area contributed by atoms with Crippen molar-refractivity contribution in [3.8, 4) is 0 Å². The molecule has 1 N–H and O–H groups in total. The Morgan fingerprint density at radius 3 is 2.52 bits per heavy atom. The highest BCUT2D eigenvalue weighted by molar-refractivity contribution is 7.18. The number of para-hydroxylation sites is 1. The van der Waals surface area contributed by atoms with E-state index in [1.54, 1.807) is 32.0 Å². The van der Waals surface area contributed by atoms with Gasteiger partial charge in [0.1, 0.15) is 11.5 Å². The number of ether oxygens (including phenoxy) is 1. The van der Waals surface area contributed by atoms with E-state index < -0.39 is 30.1 Å². The number of benzene rings is 1. The molecule has 2 heterocycles. The lowest BCUT2D eigenvalue weighted by Gasteiger charge is -2.16. The molecule has 1 aliphatic heterocycles. The number of carbonyl (C=O) groups excluding carboxylic acids is 5. The summed E-state index contributed by atoms with van der Waals surface area (Å²) >= 11 is 0.969. The van der Waals surface area contributed by atoms with Crippen LogP contribution in [-0.4, -0.2) is 42.5 Å². The quantitative estimate of drug-likeness (QED) is 0.442. The maximum atomic E-state index is 12.6. The van der Waals surface area contributed by atoms with E-state index in [4.69, 9.17) is 4.74 Å². The third-order valence-corrected chi connectivity index (χ3v) is 5.69. The Bertz CT molecular complexity index is 1060. The van der Waals surface area contributed by atoms with Crippen molar-refractivity contribution in [2.45, 2.75) is 20.8 Å². The first-order chi connectivity index (χ1) is 13.8.